The molecule has 0 aliphatic rings. The second-order valence-electron chi connectivity index (χ2n) is 4.82. The minimum atomic E-state index is -0.532. The van der Waals surface area contributed by atoms with Crippen molar-refractivity contribution in [3.8, 4) is 0 Å². The van der Waals surface area contributed by atoms with Crippen LogP contribution in [0.15, 0.2) is 48.7 Å². The molecule has 1 amide bonds. The molecule has 104 valence electrons. The number of carbonyl (C=O) groups excluding carboxylic acids is 1. The molecule has 1 atom stereocenters. The van der Waals surface area contributed by atoms with E-state index in [-0.39, 0.29) is 5.91 Å². The highest BCUT2D eigenvalue weighted by Gasteiger charge is 2.13. The van der Waals surface area contributed by atoms with Crippen molar-refractivity contribution in [3.63, 3.8) is 0 Å². The summed E-state index contributed by atoms with van der Waals surface area (Å²) in [6.07, 6.45) is 2.30. The van der Waals surface area contributed by atoms with Gasteiger partial charge in [0.05, 0.1) is 6.04 Å². The summed E-state index contributed by atoms with van der Waals surface area (Å²) in [6.45, 7) is 2.38. The van der Waals surface area contributed by atoms with Crippen LogP contribution in [0.2, 0.25) is 0 Å². The molecule has 1 aromatic heterocycles. The van der Waals surface area contributed by atoms with Crippen LogP contribution in [0, 0.1) is 6.92 Å². The molecule has 0 aliphatic carbocycles. The number of nitrogens with zero attached hydrogens (tertiary/aromatic N) is 1. The summed E-state index contributed by atoms with van der Waals surface area (Å²) in [6, 6.07) is 13.1. The van der Waals surface area contributed by atoms with Gasteiger partial charge in [-0.2, -0.15) is 0 Å². The van der Waals surface area contributed by atoms with Gasteiger partial charge in [0.2, 0.25) is 5.91 Å². The number of aryl methyl sites for hydroxylation is 1. The zero-order valence-electron chi connectivity index (χ0n) is 11.5. The zero-order valence-corrected chi connectivity index (χ0v) is 11.5. The van der Waals surface area contributed by atoms with E-state index in [0.29, 0.717) is 13.0 Å². The van der Waals surface area contributed by atoms with E-state index in [1.54, 1.807) is 6.20 Å². The van der Waals surface area contributed by atoms with Gasteiger partial charge >= 0.3 is 0 Å². The van der Waals surface area contributed by atoms with E-state index in [2.05, 4.69) is 10.3 Å². The van der Waals surface area contributed by atoms with Gasteiger partial charge in [-0.05, 0) is 30.5 Å². The van der Waals surface area contributed by atoms with Gasteiger partial charge in [-0.1, -0.05) is 36.4 Å². The lowest BCUT2D eigenvalue weighted by atomic mass is 10.1. The van der Waals surface area contributed by atoms with E-state index in [1.807, 2.05) is 49.4 Å². The molecule has 0 saturated heterocycles. The number of amides is 1. The normalized spacial score (nSPS) is 11.9. The molecular weight excluding hydrogens is 250 g/mol. The fourth-order valence-electron chi connectivity index (χ4n) is 1.88. The first kappa shape index (κ1) is 14.2. The van der Waals surface area contributed by atoms with Crippen LogP contribution < -0.4 is 11.1 Å². The van der Waals surface area contributed by atoms with Crippen molar-refractivity contribution in [1.82, 2.24) is 10.3 Å². The minimum absolute atomic E-state index is 0.144. The van der Waals surface area contributed by atoms with Crippen LogP contribution >= 0.6 is 0 Å². The summed E-state index contributed by atoms with van der Waals surface area (Å²) in [5.41, 5.74) is 8.90. The Hall–Kier alpha value is -2.20. The summed E-state index contributed by atoms with van der Waals surface area (Å²) in [7, 11) is 0. The molecule has 4 heteroatoms. The maximum Gasteiger partial charge on any atom is 0.237 e. The Labute approximate surface area is 119 Å². The summed E-state index contributed by atoms with van der Waals surface area (Å²) in [5, 5.41) is 2.83. The number of hydrogen-bond acceptors (Lipinski definition) is 3. The number of nitrogens with two attached hydrogens (primary N) is 1. The average Bonchev–Trinajstić information content (AvgIpc) is 2.47. The van der Waals surface area contributed by atoms with Gasteiger partial charge in [0.1, 0.15) is 0 Å². The lowest BCUT2D eigenvalue weighted by Crippen LogP contribution is -2.41. The Bertz CT molecular complexity index is 552. The van der Waals surface area contributed by atoms with Gasteiger partial charge < -0.3 is 11.1 Å². The van der Waals surface area contributed by atoms with Gasteiger partial charge in [-0.3, -0.25) is 9.78 Å². The lowest BCUT2D eigenvalue weighted by Gasteiger charge is -2.12. The summed E-state index contributed by atoms with van der Waals surface area (Å²) >= 11 is 0. The second kappa shape index (κ2) is 6.82. The number of rotatable bonds is 5. The molecule has 0 radical (unpaired) electrons. The third-order valence-corrected chi connectivity index (χ3v) is 3.07. The van der Waals surface area contributed by atoms with Crippen molar-refractivity contribution < 1.29 is 4.79 Å². The molecule has 3 N–H and O–H groups in total. The molecular formula is C16H19N3O. The second-order valence-corrected chi connectivity index (χ2v) is 4.82. The van der Waals surface area contributed by atoms with Crippen LogP contribution in [0.25, 0.3) is 0 Å². The van der Waals surface area contributed by atoms with Crippen LogP contribution in [-0.4, -0.2) is 16.9 Å². The smallest absolute Gasteiger partial charge is 0.237 e. The quantitative estimate of drug-likeness (QED) is 0.866. The van der Waals surface area contributed by atoms with Crippen molar-refractivity contribution in [2.24, 2.45) is 5.73 Å². The van der Waals surface area contributed by atoms with Gasteiger partial charge in [0.15, 0.2) is 0 Å². The molecule has 1 aromatic carbocycles. The Morgan fingerprint density at radius 3 is 2.60 bits per heavy atom. The Morgan fingerprint density at radius 2 is 1.95 bits per heavy atom. The lowest BCUT2D eigenvalue weighted by molar-refractivity contribution is -0.122. The topological polar surface area (TPSA) is 68.0 Å². The molecule has 1 heterocycles. The van der Waals surface area contributed by atoms with E-state index >= 15 is 0 Å². The first-order valence-electron chi connectivity index (χ1n) is 6.64. The van der Waals surface area contributed by atoms with Gasteiger partial charge in [-0.15, -0.1) is 0 Å². The molecule has 0 spiro atoms. The first-order valence-corrected chi connectivity index (χ1v) is 6.64. The SMILES string of the molecule is Cc1ccc(CNC(=O)C(N)Cc2ccccc2)cn1. The molecule has 4 nitrogen and oxygen atoms in total. The largest absolute Gasteiger partial charge is 0.351 e. The highest BCUT2D eigenvalue weighted by molar-refractivity contribution is 5.81. The molecule has 2 aromatic rings. The van der Waals surface area contributed by atoms with Crippen LogP contribution in [0.3, 0.4) is 0 Å². The fraction of sp³-hybridized carbons (Fsp3) is 0.250. The van der Waals surface area contributed by atoms with Crippen molar-refractivity contribution in [2.75, 3.05) is 0 Å². The van der Waals surface area contributed by atoms with E-state index in [0.717, 1.165) is 16.8 Å². The predicted octanol–water partition coefficient (Wildman–Crippen LogP) is 1.58. The van der Waals surface area contributed by atoms with Gasteiger partial charge in [0, 0.05) is 18.4 Å². The van der Waals surface area contributed by atoms with E-state index < -0.39 is 6.04 Å². The van der Waals surface area contributed by atoms with Crippen LogP contribution in [0.5, 0.6) is 0 Å². The number of nitrogens with one attached hydrogen (secondary N) is 1. The third kappa shape index (κ3) is 4.17. The molecule has 20 heavy (non-hydrogen) atoms. The molecule has 0 saturated carbocycles. The predicted molar refractivity (Wildman–Crippen MR) is 78.9 cm³/mol. The Kier molecular flexibility index (Phi) is 4.85. The zero-order chi connectivity index (χ0) is 14.4. The van der Waals surface area contributed by atoms with Crippen LogP contribution in [0.4, 0.5) is 0 Å². The Balaban J connectivity index is 1.83. The molecule has 1 unspecified atom stereocenters. The maximum atomic E-state index is 11.9. The van der Waals surface area contributed by atoms with E-state index in [4.69, 9.17) is 5.73 Å². The number of benzene rings is 1. The first-order chi connectivity index (χ1) is 9.65. The number of pyridine rings is 1. The van der Waals surface area contributed by atoms with Crippen molar-refractivity contribution in [2.45, 2.75) is 25.9 Å². The Morgan fingerprint density at radius 1 is 1.20 bits per heavy atom. The standard InChI is InChI=1S/C16H19N3O/c1-12-7-8-14(10-18-12)11-19-16(20)15(17)9-13-5-3-2-4-6-13/h2-8,10,15H,9,11,17H2,1H3,(H,19,20). The third-order valence-electron chi connectivity index (χ3n) is 3.07. The van der Waals surface area contributed by atoms with Crippen LogP contribution in [0.1, 0.15) is 16.8 Å². The highest BCUT2D eigenvalue weighted by Crippen LogP contribution is 2.03. The molecule has 2 rings (SSSR count). The van der Waals surface area contributed by atoms with Gasteiger partial charge in [-0.25, -0.2) is 0 Å². The maximum absolute atomic E-state index is 11.9. The van der Waals surface area contributed by atoms with E-state index in [1.165, 1.54) is 0 Å². The summed E-state index contributed by atoms with van der Waals surface area (Å²) < 4.78 is 0. The highest BCUT2D eigenvalue weighted by atomic mass is 16.2. The fourth-order valence-corrected chi connectivity index (χ4v) is 1.88. The number of hydrogen-bond donors (Lipinski definition) is 2. The molecule has 0 fully saturated rings. The summed E-state index contributed by atoms with van der Waals surface area (Å²) in [5.74, 6) is -0.144. The van der Waals surface area contributed by atoms with Gasteiger partial charge in [0.25, 0.3) is 0 Å². The molecule has 0 bridgehead atoms. The van der Waals surface area contributed by atoms with E-state index in [9.17, 15) is 4.79 Å². The minimum Gasteiger partial charge on any atom is -0.351 e. The summed E-state index contributed by atoms with van der Waals surface area (Å²) in [4.78, 5) is 16.1. The number of carbonyl (C=O) groups is 1. The monoisotopic (exact) mass is 269 g/mol. The average molecular weight is 269 g/mol. The van der Waals surface area contributed by atoms with Crippen molar-refractivity contribution in [3.05, 3.63) is 65.5 Å². The van der Waals surface area contributed by atoms with Crippen molar-refractivity contribution in [1.29, 1.82) is 0 Å². The van der Waals surface area contributed by atoms with Crippen LogP contribution in [-0.2, 0) is 17.8 Å². The molecule has 0 aliphatic heterocycles. The number of aromatic nitrogens is 1. The van der Waals surface area contributed by atoms with Crippen molar-refractivity contribution >= 4 is 5.91 Å².